The lowest BCUT2D eigenvalue weighted by Gasteiger charge is -2.19. The molecule has 1 heterocycles. The van der Waals surface area contributed by atoms with Crippen molar-refractivity contribution in [3.8, 4) is 11.8 Å². The van der Waals surface area contributed by atoms with E-state index in [0.29, 0.717) is 5.15 Å². The minimum absolute atomic E-state index is 0.219. The number of carbonyl (C=O) groups excluding carboxylic acids is 1. The van der Waals surface area contributed by atoms with E-state index in [4.69, 9.17) is 16.3 Å². The van der Waals surface area contributed by atoms with Gasteiger partial charge in [-0.15, -0.1) is 0 Å². The third-order valence-electron chi connectivity index (χ3n) is 1.99. The number of alkyl carbamates (subject to hydrolysis) is 1. The lowest BCUT2D eigenvalue weighted by molar-refractivity contribution is 0.0535. The van der Waals surface area contributed by atoms with E-state index in [1.54, 1.807) is 32.9 Å². The number of ether oxygens (including phenoxy) is 1. The SMILES string of the molecule is Cc1nc(Cl)ccc1C#CCNC(=O)OC(C)(C)C. The molecule has 1 rings (SSSR count). The molecular formula is C14H17ClN2O2. The zero-order valence-electron chi connectivity index (χ0n) is 11.5. The van der Waals surface area contributed by atoms with Crippen molar-refractivity contribution in [1.29, 1.82) is 0 Å². The van der Waals surface area contributed by atoms with E-state index in [9.17, 15) is 4.79 Å². The molecule has 5 heteroatoms. The summed E-state index contributed by atoms with van der Waals surface area (Å²) >= 11 is 5.75. The third-order valence-corrected chi connectivity index (χ3v) is 2.21. The van der Waals surface area contributed by atoms with Crippen molar-refractivity contribution in [2.24, 2.45) is 0 Å². The predicted octanol–water partition coefficient (Wildman–Crippen LogP) is 2.92. The third kappa shape index (κ3) is 6.12. The summed E-state index contributed by atoms with van der Waals surface area (Å²) in [5.74, 6) is 5.75. The van der Waals surface area contributed by atoms with Gasteiger partial charge in [0, 0.05) is 5.56 Å². The number of halogens is 1. The van der Waals surface area contributed by atoms with E-state index in [2.05, 4.69) is 22.1 Å². The maximum absolute atomic E-state index is 11.4. The lowest BCUT2D eigenvalue weighted by Crippen LogP contribution is -2.32. The number of nitrogens with one attached hydrogen (secondary N) is 1. The van der Waals surface area contributed by atoms with Crippen LogP contribution in [0, 0.1) is 18.8 Å². The lowest BCUT2D eigenvalue weighted by atomic mass is 10.2. The van der Waals surface area contributed by atoms with E-state index < -0.39 is 11.7 Å². The Kier molecular flexibility index (Phi) is 5.20. The first-order chi connectivity index (χ1) is 8.78. The van der Waals surface area contributed by atoms with Crippen LogP contribution in [0.1, 0.15) is 32.0 Å². The van der Waals surface area contributed by atoms with Crippen LogP contribution in [0.25, 0.3) is 0 Å². The summed E-state index contributed by atoms with van der Waals surface area (Å²) in [6, 6.07) is 3.48. The minimum Gasteiger partial charge on any atom is -0.444 e. The summed E-state index contributed by atoms with van der Waals surface area (Å²) in [5.41, 5.74) is 1.04. The standard InChI is InChI=1S/C14H17ClN2O2/c1-10-11(7-8-12(15)17-10)6-5-9-16-13(18)19-14(2,3)4/h7-8H,9H2,1-4H3,(H,16,18). The Labute approximate surface area is 118 Å². The fourth-order valence-electron chi connectivity index (χ4n) is 1.23. The highest BCUT2D eigenvalue weighted by Crippen LogP contribution is 2.09. The molecule has 0 aliphatic rings. The Morgan fingerprint density at radius 3 is 2.74 bits per heavy atom. The highest BCUT2D eigenvalue weighted by Gasteiger charge is 2.14. The second kappa shape index (κ2) is 6.44. The number of carbonyl (C=O) groups is 1. The predicted molar refractivity (Wildman–Crippen MR) is 75.1 cm³/mol. The second-order valence-electron chi connectivity index (χ2n) is 4.92. The van der Waals surface area contributed by atoms with Crippen molar-refractivity contribution in [2.45, 2.75) is 33.3 Å². The molecule has 1 aromatic heterocycles. The Bertz CT molecular complexity index is 524. The number of amides is 1. The molecule has 0 bridgehead atoms. The summed E-state index contributed by atoms with van der Waals surface area (Å²) in [6.07, 6.45) is -0.479. The molecule has 0 aliphatic heterocycles. The van der Waals surface area contributed by atoms with Crippen molar-refractivity contribution in [3.63, 3.8) is 0 Å². The minimum atomic E-state index is -0.506. The molecule has 0 saturated carbocycles. The highest BCUT2D eigenvalue weighted by molar-refractivity contribution is 6.29. The number of pyridine rings is 1. The average Bonchev–Trinajstić information content (AvgIpc) is 2.24. The molecule has 0 unspecified atom stereocenters. The van der Waals surface area contributed by atoms with Crippen LogP contribution in [0.2, 0.25) is 5.15 Å². The van der Waals surface area contributed by atoms with E-state index in [1.807, 2.05) is 6.92 Å². The van der Waals surface area contributed by atoms with Crippen molar-refractivity contribution in [1.82, 2.24) is 10.3 Å². The fraction of sp³-hybridized carbons (Fsp3) is 0.429. The zero-order valence-corrected chi connectivity index (χ0v) is 12.3. The van der Waals surface area contributed by atoms with Crippen LogP contribution in [0.3, 0.4) is 0 Å². The van der Waals surface area contributed by atoms with Crippen LogP contribution >= 0.6 is 11.6 Å². The molecule has 1 amide bonds. The topological polar surface area (TPSA) is 51.2 Å². The monoisotopic (exact) mass is 280 g/mol. The van der Waals surface area contributed by atoms with E-state index >= 15 is 0 Å². The first-order valence-electron chi connectivity index (χ1n) is 5.87. The average molecular weight is 281 g/mol. The van der Waals surface area contributed by atoms with Gasteiger partial charge in [-0.05, 0) is 39.8 Å². The maximum atomic E-state index is 11.4. The van der Waals surface area contributed by atoms with E-state index in [-0.39, 0.29) is 6.54 Å². The molecule has 19 heavy (non-hydrogen) atoms. The summed E-state index contributed by atoms with van der Waals surface area (Å²) in [6.45, 7) is 7.47. The van der Waals surface area contributed by atoms with Gasteiger partial charge in [-0.2, -0.15) is 0 Å². The van der Waals surface area contributed by atoms with Crippen LogP contribution in [0.5, 0.6) is 0 Å². The van der Waals surface area contributed by atoms with E-state index in [0.717, 1.165) is 11.3 Å². The van der Waals surface area contributed by atoms with Crippen molar-refractivity contribution < 1.29 is 9.53 Å². The molecule has 0 fully saturated rings. The van der Waals surface area contributed by atoms with Gasteiger partial charge >= 0.3 is 6.09 Å². The molecule has 0 aromatic carbocycles. The quantitative estimate of drug-likeness (QED) is 0.636. The Balaban J connectivity index is 2.50. The molecule has 0 spiro atoms. The Morgan fingerprint density at radius 1 is 1.47 bits per heavy atom. The van der Waals surface area contributed by atoms with Crippen molar-refractivity contribution in [3.05, 3.63) is 28.5 Å². The molecular weight excluding hydrogens is 264 g/mol. The molecule has 102 valence electrons. The highest BCUT2D eigenvalue weighted by atomic mass is 35.5. The fourth-order valence-corrected chi connectivity index (χ4v) is 1.42. The molecule has 4 nitrogen and oxygen atoms in total. The van der Waals surface area contributed by atoms with Gasteiger partial charge in [-0.3, -0.25) is 0 Å². The van der Waals surface area contributed by atoms with Crippen molar-refractivity contribution >= 4 is 17.7 Å². The van der Waals surface area contributed by atoms with Crippen LogP contribution in [0.4, 0.5) is 4.79 Å². The van der Waals surface area contributed by atoms with Gasteiger partial charge in [0.25, 0.3) is 0 Å². The molecule has 0 atom stereocenters. The van der Waals surface area contributed by atoms with Gasteiger partial charge in [0.15, 0.2) is 0 Å². The normalized spacial score (nSPS) is 10.4. The summed E-state index contributed by atoms with van der Waals surface area (Å²) in [5, 5.41) is 3.00. The van der Waals surface area contributed by atoms with Gasteiger partial charge < -0.3 is 10.1 Å². The molecule has 0 radical (unpaired) electrons. The van der Waals surface area contributed by atoms with Crippen molar-refractivity contribution in [2.75, 3.05) is 6.54 Å². The largest absolute Gasteiger partial charge is 0.444 e. The van der Waals surface area contributed by atoms with Gasteiger partial charge in [0.05, 0.1) is 12.2 Å². The number of hydrogen-bond acceptors (Lipinski definition) is 3. The van der Waals surface area contributed by atoms with Crippen LogP contribution in [0.15, 0.2) is 12.1 Å². The number of nitrogens with zero attached hydrogens (tertiary/aromatic N) is 1. The summed E-state index contributed by atoms with van der Waals surface area (Å²) in [4.78, 5) is 15.4. The molecule has 1 aromatic rings. The van der Waals surface area contributed by atoms with Gasteiger partial charge in [0.2, 0.25) is 0 Å². The first kappa shape index (κ1) is 15.3. The Morgan fingerprint density at radius 2 is 2.16 bits per heavy atom. The number of rotatable bonds is 1. The molecule has 1 N–H and O–H groups in total. The number of hydrogen-bond donors (Lipinski definition) is 1. The number of aromatic nitrogens is 1. The van der Waals surface area contributed by atoms with Crippen LogP contribution in [-0.2, 0) is 4.74 Å². The van der Waals surface area contributed by atoms with Gasteiger partial charge in [-0.1, -0.05) is 23.4 Å². The first-order valence-corrected chi connectivity index (χ1v) is 6.24. The van der Waals surface area contributed by atoms with Crippen LogP contribution < -0.4 is 5.32 Å². The molecule has 0 saturated heterocycles. The zero-order chi connectivity index (χ0) is 14.5. The number of aryl methyl sites for hydroxylation is 1. The Hall–Kier alpha value is -1.73. The maximum Gasteiger partial charge on any atom is 0.408 e. The van der Waals surface area contributed by atoms with Gasteiger partial charge in [0.1, 0.15) is 10.8 Å². The summed E-state index contributed by atoms with van der Waals surface area (Å²) in [7, 11) is 0. The van der Waals surface area contributed by atoms with Gasteiger partial charge in [-0.25, -0.2) is 9.78 Å². The second-order valence-corrected chi connectivity index (χ2v) is 5.31. The molecule has 0 aliphatic carbocycles. The summed E-state index contributed by atoms with van der Waals surface area (Å²) < 4.78 is 5.08. The van der Waals surface area contributed by atoms with Crippen LogP contribution in [-0.4, -0.2) is 23.2 Å². The smallest absolute Gasteiger partial charge is 0.408 e. The van der Waals surface area contributed by atoms with E-state index in [1.165, 1.54) is 0 Å².